The summed E-state index contributed by atoms with van der Waals surface area (Å²) in [6.45, 7) is 2.95. The van der Waals surface area contributed by atoms with Crippen molar-refractivity contribution in [1.29, 1.82) is 0 Å². The molecule has 4 rings (SSSR count). The van der Waals surface area contributed by atoms with Gasteiger partial charge in [0, 0.05) is 24.7 Å². The highest BCUT2D eigenvalue weighted by atomic mass is 19.1. The molecule has 1 spiro atoms. The van der Waals surface area contributed by atoms with Gasteiger partial charge in [0.15, 0.2) is 0 Å². The molecule has 0 saturated carbocycles. The van der Waals surface area contributed by atoms with Crippen LogP contribution in [0.4, 0.5) is 4.39 Å². The molecule has 2 saturated heterocycles. The molecule has 2 aromatic carbocycles. The maximum Gasteiger partial charge on any atom is 0.242 e. The van der Waals surface area contributed by atoms with Gasteiger partial charge in [-0.1, -0.05) is 36.4 Å². The van der Waals surface area contributed by atoms with Crippen molar-refractivity contribution in [3.8, 4) is 11.1 Å². The number of rotatable bonds is 2. The standard InChI is InChI=1S/C21H23FN2O/c1-20(10-11-21(23-20)12-13-24(2)19(21)25)16-7-5-6-15(14-16)17-8-3-4-9-18(17)22/h3-9,14,23H,10-13H2,1-2H3/t20-,21-/m0/s1. The Morgan fingerprint density at radius 2 is 1.88 bits per heavy atom. The number of hydrogen-bond donors (Lipinski definition) is 1. The highest BCUT2D eigenvalue weighted by Crippen LogP contribution is 2.43. The van der Waals surface area contributed by atoms with E-state index in [1.54, 1.807) is 12.1 Å². The van der Waals surface area contributed by atoms with Gasteiger partial charge in [0.1, 0.15) is 11.4 Å². The first-order valence-corrected chi connectivity index (χ1v) is 8.84. The molecular weight excluding hydrogens is 315 g/mol. The van der Waals surface area contributed by atoms with Gasteiger partial charge in [0.05, 0.1) is 0 Å². The quantitative estimate of drug-likeness (QED) is 0.906. The van der Waals surface area contributed by atoms with Crippen LogP contribution >= 0.6 is 0 Å². The second-order valence-corrected chi connectivity index (χ2v) is 7.58. The fraction of sp³-hybridized carbons (Fsp3) is 0.381. The molecule has 0 bridgehead atoms. The number of carbonyl (C=O) groups excluding carboxylic acids is 1. The second-order valence-electron chi connectivity index (χ2n) is 7.58. The minimum absolute atomic E-state index is 0.196. The summed E-state index contributed by atoms with van der Waals surface area (Å²) in [7, 11) is 1.87. The van der Waals surface area contributed by atoms with Crippen molar-refractivity contribution in [2.24, 2.45) is 0 Å². The van der Waals surface area contributed by atoms with E-state index in [1.807, 2.05) is 36.2 Å². The van der Waals surface area contributed by atoms with Crippen molar-refractivity contribution in [3.63, 3.8) is 0 Å². The van der Waals surface area contributed by atoms with Crippen LogP contribution in [-0.4, -0.2) is 29.9 Å². The monoisotopic (exact) mass is 338 g/mol. The summed E-state index contributed by atoms with van der Waals surface area (Å²) in [6.07, 6.45) is 2.59. The molecule has 25 heavy (non-hydrogen) atoms. The van der Waals surface area contributed by atoms with Crippen LogP contribution in [0.3, 0.4) is 0 Å². The maximum absolute atomic E-state index is 14.1. The van der Waals surface area contributed by atoms with Gasteiger partial charge in [-0.25, -0.2) is 4.39 Å². The molecule has 0 aromatic heterocycles. The molecule has 0 aliphatic carbocycles. The minimum atomic E-state index is -0.433. The number of benzene rings is 2. The molecule has 0 radical (unpaired) electrons. The number of hydrogen-bond acceptors (Lipinski definition) is 2. The number of amides is 1. The van der Waals surface area contributed by atoms with E-state index in [-0.39, 0.29) is 17.3 Å². The second kappa shape index (κ2) is 5.67. The fourth-order valence-electron chi connectivity index (χ4n) is 4.34. The zero-order valence-corrected chi connectivity index (χ0v) is 14.7. The average Bonchev–Trinajstić information content (AvgIpc) is 3.11. The minimum Gasteiger partial charge on any atom is -0.344 e. The van der Waals surface area contributed by atoms with E-state index in [9.17, 15) is 9.18 Å². The van der Waals surface area contributed by atoms with Crippen LogP contribution in [0.2, 0.25) is 0 Å². The number of likely N-dealkylation sites (tertiary alicyclic amines) is 1. The van der Waals surface area contributed by atoms with Crippen molar-refractivity contribution in [1.82, 2.24) is 10.2 Å². The molecule has 1 N–H and O–H groups in total. The number of carbonyl (C=O) groups is 1. The zero-order valence-electron chi connectivity index (χ0n) is 14.7. The zero-order chi connectivity index (χ0) is 17.7. The summed E-state index contributed by atoms with van der Waals surface area (Å²) in [5.41, 5.74) is 1.87. The van der Waals surface area contributed by atoms with E-state index in [2.05, 4.69) is 18.3 Å². The predicted molar refractivity (Wildman–Crippen MR) is 96.5 cm³/mol. The van der Waals surface area contributed by atoms with Crippen molar-refractivity contribution in [2.75, 3.05) is 13.6 Å². The Morgan fingerprint density at radius 1 is 1.08 bits per heavy atom. The first-order chi connectivity index (χ1) is 11.9. The van der Waals surface area contributed by atoms with Crippen LogP contribution in [0.5, 0.6) is 0 Å². The average molecular weight is 338 g/mol. The molecule has 4 heteroatoms. The van der Waals surface area contributed by atoms with E-state index in [0.717, 1.165) is 36.9 Å². The van der Waals surface area contributed by atoms with E-state index in [1.165, 1.54) is 6.07 Å². The van der Waals surface area contributed by atoms with Gasteiger partial charge in [0.2, 0.25) is 5.91 Å². The lowest BCUT2D eigenvalue weighted by Crippen LogP contribution is -2.52. The number of halogens is 1. The smallest absolute Gasteiger partial charge is 0.242 e. The lowest BCUT2D eigenvalue weighted by molar-refractivity contribution is -0.131. The fourth-order valence-corrected chi connectivity index (χ4v) is 4.34. The lowest BCUT2D eigenvalue weighted by Gasteiger charge is -2.31. The van der Waals surface area contributed by atoms with Gasteiger partial charge >= 0.3 is 0 Å². The SMILES string of the molecule is CN1CC[C@@]2(CC[C@@](C)(c3cccc(-c4ccccc4F)c3)N2)C1=O. The van der Waals surface area contributed by atoms with Gasteiger partial charge < -0.3 is 4.90 Å². The van der Waals surface area contributed by atoms with Crippen LogP contribution in [0.15, 0.2) is 48.5 Å². The summed E-state index contributed by atoms with van der Waals surface area (Å²) >= 11 is 0. The molecular formula is C21H23FN2O. The van der Waals surface area contributed by atoms with Crippen molar-refractivity contribution in [3.05, 3.63) is 59.9 Å². The Balaban J connectivity index is 1.68. The molecule has 3 nitrogen and oxygen atoms in total. The van der Waals surface area contributed by atoms with E-state index < -0.39 is 5.54 Å². The molecule has 1 amide bonds. The van der Waals surface area contributed by atoms with Crippen LogP contribution in [0, 0.1) is 5.82 Å². The number of nitrogens with zero attached hydrogens (tertiary/aromatic N) is 1. The topological polar surface area (TPSA) is 32.3 Å². The first kappa shape index (κ1) is 16.3. The summed E-state index contributed by atoms with van der Waals surface area (Å²) in [4.78, 5) is 14.4. The van der Waals surface area contributed by atoms with E-state index >= 15 is 0 Å². The largest absolute Gasteiger partial charge is 0.344 e. The number of nitrogens with one attached hydrogen (secondary N) is 1. The molecule has 2 aliphatic heterocycles. The Morgan fingerprint density at radius 3 is 2.60 bits per heavy atom. The van der Waals surface area contributed by atoms with E-state index in [0.29, 0.717) is 5.56 Å². The first-order valence-electron chi connectivity index (χ1n) is 8.84. The van der Waals surface area contributed by atoms with Crippen LogP contribution in [-0.2, 0) is 10.3 Å². The van der Waals surface area contributed by atoms with Crippen molar-refractivity contribution in [2.45, 2.75) is 37.3 Å². The van der Waals surface area contributed by atoms with Gasteiger partial charge in [-0.3, -0.25) is 10.1 Å². The van der Waals surface area contributed by atoms with Crippen molar-refractivity contribution >= 4 is 5.91 Å². The third-order valence-corrected chi connectivity index (χ3v) is 5.88. The molecule has 2 fully saturated rings. The van der Waals surface area contributed by atoms with E-state index in [4.69, 9.17) is 0 Å². The van der Waals surface area contributed by atoms with Gasteiger partial charge in [-0.15, -0.1) is 0 Å². The summed E-state index contributed by atoms with van der Waals surface area (Å²) in [6, 6.07) is 14.9. The normalized spacial score (nSPS) is 28.9. The summed E-state index contributed by atoms with van der Waals surface area (Å²) in [5.74, 6) is -0.0188. The van der Waals surface area contributed by atoms with Crippen LogP contribution in [0.25, 0.3) is 11.1 Å². The molecule has 0 unspecified atom stereocenters. The highest BCUT2D eigenvalue weighted by molar-refractivity contribution is 5.89. The molecule has 2 heterocycles. The molecule has 2 aliphatic rings. The van der Waals surface area contributed by atoms with Crippen LogP contribution < -0.4 is 5.32 Å². The Bertz CT molecular complexity index is 836. The van der Waals surface area contributed by atoms with Gasteiger partial charge in [0.25, 0.3) is 0 Å². The highest BCUT2D eigenvalue weighted by Gasteiger charge is 2.54. The summed E-state index contributed by atoms with van der Waals surface area (Å²) < 4.78 is 14.1. The van der Waals surface area contributed by atoms with Crippen molar-refractivity contribution < 1.29 is 9.18 Å². The van der Waals surface area contributed by atoms with Gasteiger partial charge in [-0.05, 0) is 49.4 Å². The third kappa shape index (κ3) is 2.56. The Labute approximate surface area is 147 Å². The van der Waals surface area contributed by atoms with Gasteiger partial charge in [-0.2, -0.15) is 0 Å². The Hall–Kier alpha value is -2.20. The molecule has 2 aromatic rings. The van der Waals surface area contributed by atoms with Crippen LogP contribution in [0.1, 0.15) is 31.7 Å². The Kier molecular flexibility index (Phi) is 3.69. The number of likely N-dealkylation sites (N-methyl/N-ethyl adjacent to an activating group) is 1. The molecule has 130 valence electrons. The lowest BCUT2D eigenvalue weighted by atomic mass is 9.88. The maximum atomic E-state index is 14.1. The predicted octanol–water partition coefficient (Wildman–Crippen LogP) is 3.69. The third-order valence-electron chi connectivity index (χ3n) is 5.88. The summed E-state index contributed by atoms with van der Waals surface area (Å²) in [5, 5.41) is 3.65. The molecule has 2 atom stereocenters.